The van der Waals surface area contributed by atoms with Gasteiger partial charge >= 0.3 is 0 Å². The quantitative estimate of drug-likeness (QED) is 0.815. The Kier molecular flexibility index (Phi) is 3.98. The fourth-order valence-electron chi connectivity index (χ4n) is 4.30. The van der Waals surface area contributed by atoms with Crippen LogP contribution in [0.15, 0.2) is 30.3 Å². The van der Waals surface area contributed by atoms with Crippen molar-refractivity contribution in [3.8, 4) is 17.2 Å². The molecule has 0 unspecified atom stereocenters. The van der Waals surface area contributed by atoms with Gasteiger partial charge in [-0.05, 0) is 61.4 Å². The molecule has 0 saturated heterocycles. The van der Waals surface area contributed by atoms with Crippen molar-refractivity contribution in [3.63, 3.8) is 0 Å². The number of Topliss-reactive ketones (excluding diaryl/α,β-unsaturated/α-hetero) is 1. The van der Waals surface area contributed by atoms with Gasteiger partial charge in [0, 0.05) is 5.56 Å². The van der Waals surface area contributed by atoms with Crippen LogP contribution in [0.5, 0.6) is 17.2 Å². The molecule has 0 saturated carbocycles. The first-order valence-corrected chi connectivity index (χ1v) is 9.68. The van der Waals surface area contributed by atoms with Crippen molar-refractivity contribution in [3.05, 3.63) is 58.2 Å². The van der Waals surface area contributed by atoms with Crippen molar-refractivity contribution in [2.75, 3.05) is 6.61 Å². The Labute approximate surface area is 168 Å². The summed E-state index contributed by atoms with van der Waals surface area (Å²) in [4.78, 5) is 13.5. The third-order valence-corrected chi connectivity index (χ3v) is 5.78. The molecule has 2 atom stereocenters. The maximum absolute atomic E-state index is 13.5. The highest BCUT2D eigenvalue weighted by Crippen LogP contribution is 2.48. The van der Waals surface area contributed by atoms with Crippen LogP contribution < -0.4 is 14.2 Å². The molecule has 0 fully saturated rings. The van der Waals surface area contributed by atoms with Gasteiger partial charge in [-0.15, -0.1) is 0 Å². The molecule has 2 N–H and O–H groups in total. The topological polar surface area (TPSA) is 85.2 Å². The molecule has 2 aromatic carbocycles. The number of fused-ring (bicyclic) bond motifs is 6. The predicted molar refractivity (Wildman–Crippen MR) is 105 cm³/mol. The van der Waals surface area contributed by atoms with Gasteiger partial charge in [0.2, 0.25) is 0 Å². The molecule has 0 bridgehead atoms. The maximum Gasteiger partial charge on any atom is 0.178 e. The number of rotatable bonds is 2. The Morgan fingerprint density at radius 3 is 2.62 bits per heavy atom. The van der Waals surface area contributed by atoms with Crippen LogP contribution >= 0.6 is 0 Å². The molecule has 0 aromatic heterocycles. The molecule has 6 nitrogen and oxygen atoms in total. The molecule has 0 amide bonds. The van der Waals surface area contributed by atoms with Crippen LogP contribution in [0.3, 0.4) is 0 Å². The summed E-state index contributed by atoms with van der Waals surface area (Å²) in [6.07, 6.45) is 3.43. The number of aliphatic hydroxyl groups excluding tert-OH is 2. The zero-order valence-corrected chi connectivity index (χ0v) is 16.3. The second-order valence-electron chi connectivity index (χ2n) is 8.18. The average Bonchev–Trinajstić information content (AvgIpc) is 2.71. The Balaban J connectivity index is 1.61. The maximum atomic E-state index is 13.5. The fourth-order valence-corrected chi connectivity index (χ4v) is 4.30. The summed E-state index contributed by atoms with van der Waals surface area (Å²) >= 11 is 0. The number of aliphatic hydroxyl groups is 2. The molecule has 29 heavy (non-hydrogen) atoms. The molecular weight excluding hydrogens is 372 g/mol. The molecular formula is C23H22O6. The minimum absolute atomic E-state index is 0.0394. The summed E-state index contributed by atoms with van der Waals surface area (Å²) in [5.74, 6) is 1.21. The van der Waals surface area contributed by atoms with Crippen LogP contribution in [0.4, 0.5) is 0 Å². The van der Waals surface area contributed by atoms with Crippen molar-refractivity contribution in [2.45, 2.75) is 44.7 Å². The first-order valence-electron chi connectivity index (χ1n) is 9.68. The van der Waals surface area contributed by atoms with E-state index in [9.17, 15) is 15.0 Å². The number of carbonyl (C=O) groups is 1. The molecule has 5 rings (SSSR count). The van der Waals surface area contributed by atoms with Crippen molar-refractivity contribution in [1.29, 1.82) is 0 Å². The number of hydrogen-bond acceptors (Lipinski definition) is 6. The second-order valence-corrected chi connectivity index (χ2v) is 8.18. The van der Waals surface area contributed by atoms with E-state index >= 15 is 0 Å². The molecule has 150 valence electrons. The van der Waals surface area contributed by atoms with Crippen LogP contribution in [0.2, 0.25) is 0 Å². The summed E-state index contributed by atoms with van der Waals surface area (Å²) in [5.41, 5.74) is 2.73. The van der Waals surface area contributed by atoms with Gasteiger partial charge in [0.05, 0.1) is 30.3 Å². The molecule has 6 heteroatoms. The predicted octanol–water partition coefficient (Wildman–Crippen LogP) is 2.98. The minimum atomic E-state index is -0.521. The summed E-state index contributed by atoms with van der Waals surface area (Å²) in [5, 5.41) is 19.2. The van der Waals surface area contributed by atoms with Crippen molar-refractivity contribution in [1.82, 2.24) is 0 Å². The Bertz CT molecular complexity index is 1050. The van der Waals surface area contributed by atoms with Crippen molar-refractivity contribution in [2.24, 2.45) is 0 Å². The van der Waals surface area contributed by atoms with E-state index in [0.29, 0.717) is 39.5 Å². The SMILES string of the molecule is CC1(C)C=Cc2c(ccc3c2O[C@@H]2COc4cc(CO)c(CO)cc4[C@@H]2C3=O)O1. The van der Waals surface area contributed by atoms with Crippen molar-refractivity contribution >= 4 is 11.9 Å². The minimum Gasteiger partial charge on any atom is -0.489 e. The molecule has 3 heterocycles. The van der Waals surface area contributed by atoms with Crippen molar-refractivity contribution < 1.29 is 29.2 Å². The second kappa shape index (κ2) is 6.34. The van der Waals surface area contributed by atoms with E-state index in [1.165, 1.54) is 0 Å². The first kappa shape index (κ1) is 18.2. The van der Waals surface area contributed by atoms with E-state index in [-0.39, 0.29) is 25.6 Å². The van der Waals surface area contributed by atoms with Gasteiger partial charge in [-0.25, -0.2) is 0 Å². The van der Waals surface area contributed by atoms with Gasteiger partial charge in [-0.2, -0.15) is 0 Å². The number of hydrogen-bond donors (Lipinski definition) is 2. The van der Waals surface area contributed by atoms with E-state index in [2.05, 4.69) is 0 Å². The summed E-state index contributed by atoms with van der Waals surface area (Å²) in [6.45, 7) is 3.74. The normalized spacial score (nSPS) is 23.0. The van der Waals surface area contributed by atoms with Crippen LogP contribution in [0, 0.1) is 0 Å². The standard InChI is InChI=1S/C23H22O6/c1-23(2)6-5-14-17(29-23)4-3-15-21(26)20-16-7-12(9-24)13(10-25)8-18(16)27-11-19(20)28-22(14)15/h3-8,19-20,24-25H,9-11H2,1-2H3/t19-,20+/m1/s1. The van der Waals surface area contributed by atoms with Crippen LogP contribution in [-0.4, -0.2) is 34.3 Å². The van der Waals surface area contributed by atoms with E-state index < -0.39 is 17.6 Å². The summed E-state index contributed by atoms with van der Waals surface area (Å²) in [6, 6.07) is 7.01. The van der Waals surface area contributed by atoms with Gasteiger partial charge in [0.25, 0.3) is 0 Å². The van der Waals surface area contributed by atoms with Gasteiger partial charge in [0.1, 0.15) is 35.6 Å². The third-order valence-electron chi connectivity index (χ3n) is 5.78. The molecule has 3 aliphatic heterocycles. The van der Waals surface area contributed by atoms with Crippen LogP contribution in [-0.2, 0) is 13.2 Å². The molecule has 0 spiro atoms. The highest BCUT2D eigenvalue weighted by molar-refractivity contribution is 6.06. The number of ketones is 1. The smallest absolute Gasteiger partial charge is 0.178 e. The van der Waals surface area contributed by atoms with Gasteiger partial charge < -0.3 is 24.4 Å². The molecule has 3 aliphatic rings. The lowest BCUT2D eigenvalue weighted by Crippen LogP contribution is -2.43. The van der Waals surface area contributed by atoms with Crippen LogP contribution in [0.25, 0.3) is 6.08 Å². The van der Waals surface area contributed by atoms with E-state index in [4.69, 9.17) is 14.2 Å². The lowest BCUT2D eigenvalue weighted by atomic mass is 9.80. The highest BCUT2D eigenvalue weighted by Gasteiger charge is 2.44. The number of carbonyl (C=O) groups excluding carboxylic acids is 1. The fraction of sp³-hybridized carbons (Fsp3) is 0.348. The third kappa shape index (κ3) is 2.74. The largest absolute Gasteiger partial charge is 0.489 e. The lowest BCUT2D eigenvalue weighted by Gasteiger charge is -2.39. The van der Waals surface area contributed by atoms with Gasteiger partial charge in [0.15, 0.2) is 5.78 Å². The number of benzene rings is 2. The van der Waals surface area contributed by atoms with Gasteiger partial charge in [-0.1, -0.05) is 0 Å². The monoisotopic (exact) mass is 394 g/mol. The zero-order chi connectivity index (χ0) is 20.3. The summed E-state index contributed by atoms with van der Waals surface area (Å²) < 4.78 is 18.1. The van der Waals surface area contributed by atoms with E-state index in [0.717, 1.165) is 5.56 Å². The molecule has 0 aliphatic carbocycles. The van der Waals surface area contributed by atoms with E-state index in [1.54, 1.807) is 18.2 Å². The van der Waals surface area contributed by atoms with E-state index in [1.807, 2.05) is 32.1 Å². The average molecular weight is 394 g/mol. The highest BCUT2D eigenvalue weighted by atomic mass is 16.5. The summed E-state index contributed by atoms with van der Waals surface area (Å²) in [7, 11) is 0. The Hall–Kier alpha value is -2.83. The Morgan fingerprint density at radius 1 is 1.10 bits per heavy atom. The molecule has 2 aromatic rings. The molecule has 0 radical (unpaired) electrons. The van der Waals surface area contributed by atoms with Crippen LogP contribution in [0.1, 0.15) is 52.4 Å². The lowest BCUT2D eigenvalue weighted by molar-refractivity contribution is 0.0553. The number of ether oxygens (including phenoxy) is 3. The Morgan fingerprint density at radius 2 is 1.86 bits per heavy atom. The zero-order valence-electron chi connectivity index (χ0n) is 16.3. The van der Waals surface area contributed by atoms with Gasteiger partial charge in [-0.3, -0.25) is 4.79 Å². The first-order chi connectivity index (χ1) is 13.9.